The zero-order valence-electron chi connectivity index (χ0n) is 8.99. The SMILES string of the molecule is CCOC(=O)/C(C)=C\C(=O)O[SiH](C)C. The van der Waals surface area contributed by atoms with Crippen molar-refractivity contribution in [1.29, 1.82) is 0 Å². The minimum atomic E-state index is -1.38. The van der Waals surface area contributed by atoms with E-state index < -0.39 is 21.0 Å². The van der Waals surface area contributed by atoms with Crippen LogP contribution >= 0.6 is 0 Å². The number of carbonyl (C=O) groups is 2. The van der Waals surface area contributed by atoms with E-state index in [0.717, 1.165) is 0 Å². The summed E-state index contributed by atoms with van der Waals surface area (Å²) in [4.78, 5) is 22.2. The van der Waals surface area contributed by atoms with Crippen LogP contribution in [0.25, 0.3) is 0 Å². The monoisotopic (exact) mass is 216 g/mol. The molecule has 0 saturated carbocycles. The Bertz CT molecular complexity index is 245. The van der Waals surface area contributed by atoms with Gasteiger partial charge in [-0.05, 0) is 26.9 Å². The van der Waals surface area contributed by atoms with Gasteiger partial charge in [-0.1, -0.05) is 0 Å². The fraction of sp³-hybridized carbons (Fsp3) is 0.556. The smallest absolute Gasteiger partial charge is 0.333 e. The molecule has 5 heteroatoms. The number of esters is 1. The molecular weight excluding hydrogens is 200 g/mol. The third-order valence-corrected chi connectivity index (χ3v) is 1.99. The molecule has 0 atom stereocenters. The molecule has 0 unspecified atom stereocenters. The topological polar surface area (TPSA) is 52.6 Å². The highest BCUT2D eigenvalue weighted by Crippen LogP contribution is 1.98. The van der Waals surface area contributed by atoms with Crippen molar-refractivity contribution < 1.29 is 18.8 Å². The highest BCUT2D eigenvalue weighted by Gasteiger charge is 2.09. The maximum atomic E-state index is 11.1. The van der Waals surface area contributed by atoms with Gasteiger partial charge in [-0.15, -0.1) is 0 Å². The number of carbonyl (C=O) groups excluding carboxylic acids is 2. The summed E-state index contributed by atoms with van der Waals surface area (Å²) >= 11 is 0. The van der Waals surface area contributed by atoms with Gasteiger partial charge in [0.05, 0.1) is 6.61 Å². The Morgan fingerprint density at radius 2 is 1.93 bits per heavy atom. The molecule has 0 fully saturated rings. The largest absolute Gasteiger partial charge is 0.519 e. The van der Waals surface area contributed by atoms with Gasteiger partial charge in [-0.3, -0.25) is 0 Å². The van der Waals surface area contributed by atoms with E-state index in [1.165, 1.54) is 13.0 Å². The third kappa shape index (κ3) is 5.53. The Morgan fingerprint density at radius 1 is 1.36 bits per heavy atom. The zero-order valence-corrected chi connectivity index (χ0v) is 10.1. The van der Waals surface area contributed by atoms with Crippen molar-refractivity contribution in [2.24, 2.45) is 0 Å². The van der Waals surface area contributed by atoms with Crippen molar-refractivity contribution >= 4 is 21.0 Å². The standard InChI is InChI=1S/C9H16O4Si/c1-5-12-9(11)7(2)6-8(10)13-14(3)4/h6,14H,5H2,1-4H3/b7-6-. The van der Waals surface area contributed by atoms with E-state index in [4.69, 9.17) is 9.16 Å². The van der Waals surface area contributed by atoms with E-state index in [9.17, 15) is 9.59 Å². The van der Waals surface area contributed by atoms with Gasteiger partial charge in [0.25, 0.3) is 0 Å². The third-order valence-electron chi connectivity index (χ3n) is 1.28. The second-order valence-corrected chi connectivity index (χ2v) is 5.37. The van der Waals surface area contributed by atoms with Crippen molar-refractivity contribution in [3.8, 4) is 0 Å². The maximum absolute atomic E-state index is 11.1. The first-order chi connectivity index (χ1) is 6.47. The lowest BCUT2D eigenvalue weighted by molar-refractivity contribution is -0.139. The van der Waals surface area contributed by atoms with E-state index in [0.29, 0.717) is 6.61 Å². The minimum Gasteiger partial charge on any atom is -0.519 e. The molecule has 0 amide bonds. The van der Waals surface area contributed by atoms with Crippen molar-refractivity contribution in [2.75, 3.05) is 6.61 Å². The molecule has 4 nitrogen and oxygen atoms in total. The van der Waals surface area contributed by atoms with E-state index in [1.807, 2.05) is 13.1 Å². The molecule has 0 bridgehead atoms. The Morgan fingerprint density at radius 3 is 2.36 bits per heavy atom. The van der Waals surface area contributed by atoms with Crippen LogP contribution in [0.5, 0.6) is 0 Å². The van der Waals surface area contributed by atoms with Crippen LogP contribution in [0.1, 0.15) is 13.8 Å². The molecule has 80 valence electrons. The molecule has 0 aromatic heterocycles. The lowest BCUT2D eigenvalue weighted by Crippen LogP contribution is -2.15. The number of hydrogen-bond acceptors (Lipinski definition) is 4. The molecule has 0 rings (SSSR count). The van der Waals surface area contributed by atoms with Gasteiger partial charge >= 0.3 is 11.9 Å². The molecule has 0 aliphatic heterocycles. The highest BCUT2D eigenvalue weighted by atomic mass is 28.3. The number of rotatable bonds is 4. The average Bonchev–Trinajstić information content (AvgIpc) is 2.02. The van der Waals surface area contributed by atoms with Crippen LogP contribution in [-0.2, 0) is 18.8 Å². The summed E-state index contributed by atoms with van der Waals surface area (Å²) < 4.78 is 9.67. The summed E-state index contributed by atoms with van der Waals surface area (Å²) in [5.41, 5.74) is 0.270. The molecule has 0 spiro atoms. The van der Waals surface area contributed by atoms with Crippen LogP contribution in [0.3, 0.4) is 0 Å². The fourth-order valence-corrected chi connectivity index (χ4v) is 1.28. The molecule has 0 aromatic carbocycles. The van der Waals surface area contributed by atoms with Gasteiger partial charge in [0.2, 0.25) is 9.04 Å². The van der Waals surface area contributed by atoms with E-state index in [2.05, 4.69) is 0 Å². The molecular formula is C9H16O4Si. The first-order valence-corrected chi connectivity index (χ1v) is 7.31. The molecule has 14 heavy (non-hydrogen) atoms. The molecule has 0 radical (unpaired) electrons. The van der Waals surface area contributed by atoms with Crippen LogP contribution in [0.15, 0.2) is 11.6 Å². The van der Waals surface area contributed by atoms with Gasteiger partial charge in [0.1, 0.15) is 0 Å². The molecule has 0 N–H and O–H groups in total. The summed E-state index contributed by atoms with van der Waals surface area (Å²) in [6.45, 7) is 7.31. The maximum Gasteiger partial charge on any atom is 0.333 e. The summed E-state index contributed by atoms with van der Waals surface area (Å²) in [7, 11) is -1.38. The van der Waals surface area contributed by atoms with Crippen LogP contribution in [0, 0.1) is 0 Å². The fourth-order valence-electron chi connectivity index (χ4n) is 0.747. The van der Waals surface area contributed by atoms with Gasteiger partial charge in [0, 0.05) is 11.6 Å². The summed E-state index contributed by atoms with van der Waals surface area (Å²) in [5.74, 6) is -0.938. The second kappa shape index (κ2) is 6.37. The Kier molecular flexibility index (Phi) is 5.86. The zero-order chi connectivity index (χ0) is 11.1. The molecule has 0 saturated heterocycles. The van der Waals surface area contributed by atoms with Crippen molar-refractivity contribution in [3.63, 3.8) is 0 Å². The predicted molar refractivity (Wildman–Crippen MR) is 55.4 cm³/mol. The number of ether oxygens (including phenoxy) is 1. The van der Waals surface area contributed by atoms with Crippen LogP contribution in [0.4, 0.5) is 0 Å². The van der Waals surface area contributed by atoms with Crippen molar-refractivity contribution in [3.05, 3.63) is 11.6 Å². The summed E-state index contributed by atoms with van der Waals surface area (Å²) in [5, 5.41) is 0. The summed E-state index contributed by atoms with van der Waals surface area (Å²) in [6.07, 6.45) is 1.17. The van der Waals surface area contributed by atoms with E-state index in [1.54, 1.807) is 6.92 Å². The van der Waals surface area contributed by atoms with E-state index >= 15 is 0 Å². The first-order valence-electron chi connectivity index (χ1n) is 4.53. The highest BCUT2D eigenvalue weighted by molar-refractivity contribution is 6.50. The lowest BCUT2D eigenvalue weighted by atomic mass is 10.3. The number of hydrogen-bond donors (Lipinski definition) is 0. The Labute approximate surface area is 85.6 Å². The lowest BCUT2D eigenvalue weighted by Gasteiger charge is -2.05. The van der Waals surface area contributed by atoms with Gasteiger partial charge in [-0.2, -0.15) is 0 Å². The normalized spacial score (nSPS) is 11.4. The first kappa shape index (κ1) is 12.9. The van der Waals surface area contributed by atoms with Crippen molar-refractivity contribution in [1.82, 2.24) is 0 Å². The quantitative estimate of drug-likeness (QED) is 0.400. The van der Waals surface area contributed by atoms with E-state index in [-0.39, 0.29) is 5.57 Å². The summed E-state index contributed by atoms with van der Waals surface area (Å²) in [6, 6.07) is 0. The predicted octanol–water partition coefficient (Wildman–Crippen LogP) is 1.02. The average molecular weight is 216 g/mol. The molecule has 0 aliphatic carbocycles. The molecule has 0 aromatic rings. The molecule has 0 aliphatic rings. The van der Waals surface area contributed by atoms with Crippen LogP contribution in [-0.4, -0.2) is 27.6 Å². The van der Waals surface area contributed by atoms with Crippen molar-refractivity contribution in [2.45, 2.75) is 26.9 Å². The van der Waals surface area contributed by atoms with Gasteiger partial charge in [-0.25, -0.2) is 9.59 Å². The minimum absolute atomic E-state index is 0.270. The van der Waals surface area contributed by atoms with Crippen LogP contribution in [0.2, 0.25) is 13.1 Å². The van der Waals surface area contributed by atoms with Gasteiger partial charge < -0.3 is 9.16 Å². The second-order valence-electron chi connectivity index (χ2n) is 3.03. The Balaban J connectivity index is 4.22. The molecule has 0 heterocycles. The Hall–Kier alpha value is -1.10. The van der Waals surface area contributed by atoms with Gasteiger partial charge in [0.15, 0.2) is 0 Å². The van der Waals surface area contributed by atoms with Crippen LogP contribution < -0.4 is 0 Å².